The van der Waals surface area contributed by atoms with E-state index in [0.29, 0.717) is 23.2 Å². The van der Waals surface area contributed by atoms with E-state index in [2.05, 4.69) is 26.8 Å². The Morgan fingerprint density at radius 3 is 2.39 bits per heavy atom. The van der Waals surface area contributed by atoms with E-state index in [1.807, 2.05) is 0 Å². The van der Waals surface area contributed by atoms with Gasteiger partial charge in [0.2, 0.25) is 0 Å². The van der Waals surface area contributed by atoms with Crippen LogP contribution < -0.4 is 5.73 Å². The number of carbonyl (C=O) groups is 1. The summed E-state index contributed by atoms with van der Waals surface area (Å²) in [7, 11) is 0. The van der Waals surface area contributed by atoms with Gasteiger partial charge in [-0.25, -0.2) is 0 Å². The molecule has 28 heavy (non-hydrogen) atoms. The highest BCUT2D eigenvalue weighted by atomic mass is 16.4. The van der Waals surface area contributed by atoms with E-state index in [1.165, 1.54) is 25.7 Å². The van der Waals surface area contributed by atoms with Gasteiger partial charge in [0.15, 0.2) is 0 Å². The third-order valence-corrected chi connectivity index (χ3v) is 8.48. The second-order valence-corrected chi connectivity index (χ2v) is 9.75. The molecule has 3 aliphatic rings. The lowest BCUT2D eigenvalue weighted by Gasteiger charge is -2.56. The zero-order valence-electron chi connectivity index (χ0n) is 18.2. The van der Waals surface area contributed by atoms with Crippen molar-refractivity contribution in [2.75, 3.05) is 13.2 Å². The molecule has 0 aromatic heterocycles. The van der Waals surface area contributed by atoms with Gasteiger partial charge in [-0.05, 0) is 92.9 Å². The van der Waals surface area contributed by atoms with Crippen LogP contribution >= 0.6 is 0 Å². The van der Waals surface area contributed by atoms with Crippen molar-refractivity contribution >= 4 is 5.97 Å². The molecule has 3 fully saturated rings. The topological polar surface area (TPSA) is 104 Å². The van der Waals surface area contributed by atoms with E-state index in [-0.39, 0.29) is 24.0 Å². The van der Waals surface area contributed by atoms with Crippen LogP contribution in [0.4, 0.5) is 0 Å². The molecule has 3 aliphatic carbocycles. The first kappa shape index (κ1) is 23.4. The fraction of sp³-hybridized carbons (Fsp3) is 0.870. The van der Waals surface area contributed by atoms with Crippen molar-refractivity contribution < 1.29 is 20.1 Å². The first-order valence-electron chi connectivity index (χ1n) is 11.0. The minimum absolute atomic E-state index is 0.123. The molecule has 0 unspecified atom stereocenters. The minimum Gasteiger partial charge on any atom is -0.481 e. The molecule has 0 bridgehead atoms. The molecule has 5 nitrogen and oxygen atoms in total. The van der Waals surface area contributed by atoms with Gasteiger partial charge in [0.05, 0.1) is 6.10 Å². The number of aliphatic hydroxyl groups excluding tert-OH is 2. The average molecular weight is 396 g/mol. The van der Waals surface area contributed by atoms with Crippen molar-refractivity contribution in [2.24, 2.45) is 40.2 Å². The highest BCUT2D eigenvalue weighted by molar-refractivity contribution is 5.62. The fourth-order valence-electron chi connectivity index (χ4n) is 6.93. The zero-order valence-corrected chi connectivity index (χ0v) is 18.2. The quantitative estimate of drug-likeness (QED) is 0.547. The van der Waals surface area contributed by atoms with Gasteiger partial charge >= 0.3 is 0 Å². The largest absolute Gasteiger partial charge is 0.481 e. The lowest BCUT2D eigenvalue weighted by atomic mass is 9.49. The summed E-state index contributed by atoms with van der Waals surface area (Å²) in [6, 6.07) is 0. The normalized spacial score (nSPS) is 44.5. The van der Waals surface area contributed by atoms with E-state index in [1.54, 1.807) is 5.57 Å². The number of hydrogen-bond acceptors (Lipinski definition) is 4. The summed E-state index contributed by atoms with van der Waals surface area (Å²) in [6.45, 7) is 9.08. The molecular weight excluding hydrogens is 354 g/mol. The number of nitrogens with two attached hydrogens (primary N) is 1. The summed E-state index contributed by atoms with van der Waals surface area (Å²) in [5.74, 6) is 1.21. The van der Waals surface area contributed by atoms with Crippen LogP contribution in [0.2, 0.25) is 0 Å². The number of carboxylic acids is 1. The van der Waals surface area contributed by atoms with Gasteiger partial charge in [-0.1, -0.05) is 25.5 Å². The van der Waals surface area contributed by atoms with Gasteiger partial charge in [-0.15, -0.1) is 0 Å². The summed E-state index contributed by atoms with van der Waals surface area (Å²) in [4.78, 5) is 9.00. The first-order valence-corrected chi connectivity index (χ1v) is 11.0. The van der Waals surface area contributed by atoms with Crippen LogP contribution in [0.1, 0.15) is 72.6 Å². The third kappa shape index (κ3) is 4.31. The second-order valence-electron chi connectivity index (χ2n) is 9.75. The van der Waals surface area contributed by atoms with Crippen LogP contribution in [-0.2, 0) is 4.79 Å². The standard InChI is InChI=1S/C21H37NO2.C2H4O2/c1-4-14-5-6-18-17(12-22)19(8-10-20(14,18)2)21(3)9-7-16(24)11-15(21)13-23;1-2(3)4/h4,15-19,23-24H,5-13,22H2,1-3H3;1H3,(H,3,4)/b14-4+;/t15-,16+,17+,18+,19+,20-,21+;/m1./s1. The number of aliphatic hydroxyl groups is 2. The Morgan fingerprint density at radius 2 is 1.86 bits per heavy atom. The Kier molecular flexibility index (Phi) is 7.74. The third-order valence-electron chi connectivity index (χ3n) is 8.48. The van der Waals surface area contributed by atoms with Crippen molar-refractivity contribution in [3.8, 4) is 0 Å². The van der Waals surface area contributed by atoms with Crippen molar-refractivity contribution in [2.45, 2.75) is 78.7 Å². The van der Waals surface area contributed by atoms with Crippen LogP contribution in [0.5, 0.6) is 0 Å². The molecule has 0 aromatic rings. The van der Waals surface area contributed by atoms with Crippen LogP contribution in [0.15, 0.2) is 11.6 Å². The van der Waals surface area contributed by atoms with E-state index in [0.717, 1.165) is 32.7 Å². The monoisotopic (exact) mass is 395 g/mol. The Hall–Kier alpha value is -0.910. The molecule has 0 radical (unpaired) electrons. The van der Waals surface area contributed by atoms with Crippen LogP contribution in [0, 0.1) is 34.5 Å². The van der Waals surface area contributed by atoms with Crippen molar-refractivity contribution in [3.05, 3.63) is 11.6 Å². The first-order chi connectivity index (χ1) is 13.1. The van der Waals surface area contributed by atoms with E-state index >= 15 is 0 Å². The van der Waals surface area contributed by atoms with E-state index < -0.39 is 5.97 Å². The Morgan fingerprint density at radius 1 is 1.21 bits per heavy atom. The molecule has 0 amide bonds. The number of aliphatic carboxylic acids is 1. The van der Waals surface area contributed by atoms with Crippen LogP contribution in [0.3, 0.4) is 0 Å². The van der Waals surface area contributed by atoms with Gasteiger partial charge in [0.1, 0.15) is 0 Å². The molecule has 162 valence electrons. The lowest BCUT2D eigenvalue weighted by molar-refractivity contribution is -0.134. The number of hydrogen-bond donors (Lipinski definition) is 4. The summed E-state index contributed by atoms with van der Waals surface area (Å²) in [5.41, 5.74) is 8.45. The Balaban J connectivity index is 0.000000640. The Labute approximate surface area is 170 Å². The minimum atomic E-state index is -0.833. The number of carboxylic acid groups (broad SMARTS) is 1. The van der Waals surface area contributed by atoms with Crippen molar-refractivity contribution in [1.29, 1.82) is 0 Å². The highest BCUT2D eigenvalue weighted by Crippen LogP contribution is 2.63. The second kappa shape index (κ2) is 9.27. The summed E-state index contributed by atoms with van der Waals surface area (Å²) < 4.78 is 0. The molecule has 3 saturated carbocycles. The fourth-order valence-corrected chi connectivity index (χ4v) is 6.93. The zero-order chi connectivity index (χ0) is 21.1. The molecule has 0 aliphatic heterocycles. The predicted octanol–water partition coefficient (Wildman–Crippen LogP) is 3.58. The number of rotatable bonds is 3. The lowest BCUT2D eigenvalue weighted by Crippen LogP contribution is -2.52. The average Bonchev–Trinajstić information content (AvgIpc) is 2.98. The van der Waals surface area contributed by atoms with Crippen molar-refractivity contribution in [1.82, 2.24) is 0 Å². The highest BCUT2D eigenvalue weighted by Gasteiger charge is 2.56. The maximum atomic E-state index is 10.1. The van der Waals surface area contributed by atoms with E-state index in [9.17, 15) is 10.2 Å². The van der Waals surface area contributed by atoms with Crippen LogP contribution in [-0.4, -0.2) is 40.5 Å². The number of fused-ring (bicyclic) bond motifs is 1. The molecular formula is C23H41NO4. The summed E-state index contributed by atoms with van der Waals surface area (Å²) >= 11 is 0. The number of allylic oxidation sites excluding steroid dienone is 2. The van der Waals surface area contributed by atoms with Gasteiger partial charge in [0, 0.05) is 13.5 Å². The smallest absolute Gasteiger partial charge is 0.300 e. The molecule has 5 N–H and O–H groups in total. The van der Waals surface area contributed by atoms with Gasteiger partial charge in [-0.2, -0.15) is 0 Å². The van der Waals surface area contributed by atoms with Crippen LogP contribution in [0.25, 0.3) is 0 Å². The maximum absolute atomic E-state index is 10.1. The summed E-state index contributed by atoms with van der Waals surface area (Å²) in [5, 5.41) is 27.5. The molecule has 0 heterocycles. The maximum Gasteiger partial charge on any atom is 0.300 e. The van der Waals surface area contributed by atoms with E-state index in [4.69, 9.17) is 15.6 Å². The van der Waals surface area contributed by atoms with Crippen molar-refractivity contribution in [3.63, 3.8) is 0 Å². The SMILES string of the molecule is C/C=C1\CC[C@H]2[C@H](CN)[C@@H]([C@@]3(C)CC[C@H](O)C[C@@H]3CO)CC[C@]12C.CC(=O)O. The molecule has 0 saturated heterocycles. The van der Waals surface area contributed by atoms with Gasteiger partial charge in [0.25, 0.3) is 5.97 Å². The van der Waals surface area contributed by atoms with Gasteiger partial charge < -0.3 is 21.1 Å². The summed E-state index contributed by atoms with van der Waals surface area (Å²) in [6.07, 6.45) is 9.76. The Bertz CT molecular complexity index is 573. The molecule has 0 aromatic carbocycles. The molecule has 7 atom stereocenters. The van der Waals surface area contributed by atoms with Gasteiger partial charge in [-0.3, -0.25) is 4.79 Å². The predicted molar refractivity (Wildman–Crippen MR) is 112 cm³/mol. The molecule has 5 heteroatoms. The molecule has 3 rings (SSSR count). The molecule has 0 spiro atoms.